The van der Waals surface area contributed by atoms with Crippen molar-refractivity contribution >= 4 is 11.9 Å². The molecule has 40 heavy (non-hydrogen) atoms. The van der Waals surface area contributed by atoms with Gasteiger partial charge in [0.25, 0.3) is 0 Å². The zero-order valence-electron chi connectivity index (χ0n) is 28.0. The van der Waals surface area contributed by atoms with E-state index in [9.17, 15) is 9.59 Å². The lowest BCUT2D eigenvalue weighted by molar-refractivity contribution is -0.401. The van der Waals surface area contributed by atoms with E-state index in [1.807, 2.05) is 27.7 Å². The van der Waals surface area contributed by atoms with Crippen LogP contribution in [0.15, 0.2) is 0 Å². The second-order valence-corrected chi connectivity index (χ2v) is 12.5. The van der Waals surface area contributed by atoms with Gasteiger partial charge in [-0.1, -0.05) is 130 Å². The number of unbranched alkanes of at least 4 members (excludes halogenated alkanes) is 16. The number of carbonyl (C=O) groups is 2. The molecule has 0 rings (SSSR count). The molecule has 0 heterocycles. The van der Waals surface area contributed by atoms with Crippen LogP contribution >= 0.6 is 0 Å². The average Bonchev–Trinajstić information content (AvgIpc) is 2.93. The maximum Gasteiger partial charge on any atom is 0.355 e. The molecule has 6 nitrogen and oxygen atoms in total. The highest BCUT2D eigenvalue weighted by molar-refractivity contribution is 5.72. The molecule has 240 valence electrons. The summed E-state index contributed by atoms with van der Waals surface area (Å²) in [7, 11) is 0. The molecule has 0 unspecified atom stereocenters. The first kappa shape index (κ1) is 41.0. The van der Waals surface area contributed by atoms with Crippen LogP contribution in [0.2, 0.25) is 0 Å². The van der Waals surface area contributed by atoms with Crippen LogP contribution in [0.25, 0.3) is 0 Å². The highest BCUT2D eigenvalue weighted by Crippen LogP contribution is 2.21. The molecule has 0 radical (unpaired) electrons. The van der Waals surface area contributed by atoms with Gasteiger partial charge in [0.2, 0.25) is 0 Å². The van der Waals surface area contributed by atoms with Crippen LogP contribution in [-0.4, -0.2) is 23.1 Å². The second kappa shape index (κ2) is 28.0. The van der Waals surface area contributed by atoms with Gasteiger partial charge < -0.3 is 0 Å². The van der Waals surface area contributed by atoms with E-state index in [0.717, 1.165) is 51.4 Å². The van der Waals surface area contributed by atoms with Gasteiger partial charge in [-0.05, 0) is 53.4 Å². The summed E-state index contributed by atoms with van der Waals surface area (Å²) >= 11 is 0. The molecule has 0 fully saturated rings. The minimum atomic E-state index is -0.427. The van der Waals surface area contributed by atoms with Crippen molar-refractivity contribution in [3.05, 3.63) is 0 Å². The lowest BCUT2D eigenvalue weighted by Crippen LogP contribution is -2.31. The van der Waals surface area contributed by atoms with Crippen LogP contribution in [0.3, 0.4) is 0 Å². The van der Waals surface area contributed by atoms with Crippen molar-refractivity contribution in [3.63, 3.8) is 0 Å². The molecule has 0 aliphatic rings. The fraction of sp³-hybridized carbons (Fsp3) is 0.941. The Bertz CT molecular complexity index is 523. The van der Waals surface area contributed by atoms with Gasteiger partial charge >= 0.3 is 11.9 Å². The van der Waals surface area contributed by atoms with Gasteiger partial charge in [-0.25, -0.2) is 29.1 Å². The third kappa shape index (κ3) is 31.4. The zero-order valence-corrected chi connectivity index (χ0v) is 28.0. The molecule has 0 N–H and O–H groups in total. The van der Waals surface area contributed by atoms with Crippen LogP contribution in [0, 0.1) is 0 Å². The number of hydrogen-bond acceptors (Lipinski definition) is 6. The third-order valence-electron chi connectivity index (χ3n) is 7.39. The lowest BCUT2D eigenvalue weighted by Gasteiger charge is -2.29. The van der Waals surface area contributed by atoms with Crippen molar-refractivity contribution < 1.29 is 29.1 Å². The van der Waals surface area contributed by atoms with E-state index in [0.29, 0.717) is 12.8 Å². The molecule has 0 atom stereocenters. The number of rotatable bonds is 25. The fourth-order valence-electron chi connectivity index (χ4n) is 3.68. The van der Waals surface area contributed by atoms with Gasteiger partial charge in [-0.3, -0.25) is 0 Å². The molecule has 6 heteroatoms. The van der Waals surface area contributed by atoms with Crippen molar-refractivity contribution in [3.8, 4) is 0 Å². The maximum absolute atomic E-state index is 11.6. The predicted octanol–water partition coefficient (Wildman–Crippen LogP) is 11.1. The van der Waals surface area contributed by atoms with Gasteiger partial charge in [0.05, 0.1) is 24.0 Å². The normalized spacial score (nSPS) is 11.6. The molecular formula is C34H68O6. The number of hydrogen-bond donors (Lipinski definition) is 0. The Morgan fingerprint density at radius 2 is 0.675 bits per heavy atom. The molecule has 0 saturated carbocycles. The molecule has 0 saturated heterocycles. The third-order valence-corrected chi connectivity index (χ3v) is 7.39. The Labute approximate surface area is 248 Å². The van der Waals surface area contributed by atoms with E-state index < -0.39 is 11.9 Å². The smallest absolute Gasteiger partial charge is 0.247 e. The highest BCUT2D eigenvalue weighted by Gasteiger charge is 2.23. The topological polar surface area (TPSA) is 71.1 Å². The summed E-state index contributed by atoms with van der Waals surface area (Å²) in [5.74, 6) is -0.855. The lowest BCUT2D eigenvalue weighted by atomic mass is 10.1. The Hall–Kier alpha value is -1.14. The van der Waals surface area contributed by atoms with Crippen LogP contribution in [-0.2, 0) is 29.1 Å². The molecule has 0 aliphatic carbocycles. The van der Waals surface area contributed by atoms with Crippen LogP contribution in [0.4, 0.5) is 0 Å². The van der Waals surface area contributed by atoms with E-state index in [-0.39, 0.29) is 11.2 Å². The van der Waals surface area contributed by atoms with Crippen molar-refractivity contribution in [1.82, 2.24) is 0 Å². The van der Waals surface area contributed by atoms with Crippen molar-refractivity contribution in [2.75, 3.05) is 0 Å². The summed E-state index contributed by atoms with van der Waals surface area (Å²) in [5, 5.41) is 0. The summed E-state index contributed by atoms with van der Waals surface area (Å²) in [6.07, 6.45) is 24.2. The summed E-state index contributed by atoms with van der Waals surface area (Å²) in [6.45, 7) is 16.7. The van der Waals surface area contributed by atoms with Gasteiger partial charge in [0.15, 0.2) is 0 Å². The van der Waals surface area contributed by atoms with Crippen LogP contribution in [0.1, 0.15) is 197 Å². The SMILES string of the molecule is CCC(C)(C)OOC(C)(C)CC.CCCCCCCCCCCC(=O)OOC(=O)CCCCCCCCCCC. The summed E-state index contributed by atoms with van der Waals surface area (Å²) in [4.78, 5) is 43.1. The van der Waals surface area contributed by atoms with Crippen molar-refractivity contribution in [2.24, 2.45) is 0 Å². The molecule has 0 bridgehead atoms. The first-order valence-electron chi connectivity index (χ1n) is 16.8. The predicted molar refractivity (Wildman–Crippen MR) is 167 cm³/mol. The monoisotopic (exact) mass is 573 g/mol. The second-order valence-electron chi connectivity index (χ2n) is 12.5. The van der Waals surface area contributed by atoms with Gasteiger partial charge in [0, 0.05) is 0 Å². The molecule has 0 aliphatic heterocycles. The zero-order chi connectivity index (χ0) is 30.5. The van der Waals surface area contributed by atoms with E-state index in [1.54, 1.807) is 0 Å². The molecule has 0 aromatic carbocycles. The van der Waals surface area contributed by atoms with Gasteiger partial charge in [-0.2, -0.15) is 0 Å². The molecular weight excluding hydrogens is 504 g/mol. The fourth-order valence-corrected chi connectivity index (χ4v) is 3.68. The van der Waals surface area contributed by atoms with Gasteiger partial charge in [0.1, 0.15) is 0 Å². The highest BCUT2D eigenvalue weighted by atomic mass is 17.2. The first-order valence-corrected chi connectivity index (χ1v) is 16.8. The summed E-state index contributed by atoms with van der Waals surface area (Å²) in [5.41, 5.74) is -0.348. The molecule has 0 aromatic heterocycles. The van der Waals surface area contributed by atoms with E-state index in [1.165, 1.54) is 77.0 Å². The largest absolute Gasteiger partial charge is 0.355 e. The Morgan fingerprint density at radius 1 is 0.425 bits per heavy atom. The van der Waals surface area contributed by atoms with Crippen LogP contribution < -0.4 is 0 Å². The average molecular weight is 573 g/mol. The standard InChI is InChI=1S/C24H46O4.C10H22O2/c1-3-5-7-9-11-13-15-17-19-21-23(25)27-28-24(26)22-20-18-16-14-12-10-8-6-4-2;1-7-9(3,4)11-12-10(5,6)8-2/h3-22H2,1-2H3;7-8H2,1-6H3. The van der Waals surface area contributed by atoms with Crippen molar-refractivity contribution in [2.45, 2.75) is 208 Å². The molecule has 0 aromatic rings. The van der Waals surface area contributed by atoms with Crippen LogP contribution in [0.5, 0.6) is 0 Å². The quantitative estimate of drug-likeness (QED) is 0.0615. The minimum absolute atomic E-state index is 0.174. The Kier molecular flexibility index (Phi) is 28.7. The number of carbonyl (C=O) groups excluding carboxylic acids is 2. The van der Waals surface area contributed by atoms with E-state index in [2.05, 4.69) is 37.5 Å². The minimum Gasteiger partial charge on any atom is -0.247 e. The molecule has 0 amide bonds. The van der Waals surface area contributed by atoms with E-state index in [4.69, 9.17) is 9.78 Å². The summed E-state index contributed by atoms with van der Waals surface area (Å²) < 4.78 is 0. The van der Waals surface area contributed by atoms with Gasteiger partial charge in [-0.15, -0.1) is 0 Å². The van der Waals surface area contributed by atoms with E-state index >= 15 is 0 Å². The van der Waals surface area contributed by atoms with Crippen molar-refractivity contribution in [1.29, 1.82) is 0 Å². The Balaban J connectivity index is 0. The Morgan fingerprint density at radius 3 is 0.925 bits per heavy atom. The summed E-state index contributed by atoms with van der Waals surface area (Å²) in [6, 6.07) is 0. The maximum atomic E-state index is 11.6. The molecule has 0 spiro atoms. The first-order chi connectivity index (χ1) is 19.0.